The summed E-state index contributed by atoms with van der Waals surface area (Å²) in [4.78, 5) is 19.4. The molecule has 4 heteroatoms. The van der Waals surface area contributed by atoms with Crippen molar-refractivity contribution < 1.29 is 4.79 Å². The minimum absolute atomic E-state index is 0.228. The van der Waals surface area contributed by atoms with Crippen molar-refractivity contribution in [3.63, 3.8) is 0 Å². The van der Waals surface area contributed by atoms with Crippen LogP contribution in [0.15, 0.2) is 0 Å². The number of hydrogen-bond acceptors (Lipinski definition) is 4. The van der Waals surface area contributed by atoms with Gasteiger partial charge in [-0.25, -0.2) is 4.98 Å². The quantitative estimate of drug-likeness (QED) is 0.828. The lowest BCUT2D eigenvalue weighted by atomic mass is 9.98. The molecular weight excluding hydrogens is 232 g/mol. The summed E-state index contributed by atoms with van der Waals surface area (Å²) < 4.78 is 0. The predicted octanol–water partition coefficient (Wildman–Crippen LogP) is 2.39. The van der Waals surface area contributed by atoms with Gasteiger partial charge in [0.2, 0.25) is 0 Å². The predicted molar refractivity (Wildman–Crippen MR) is 70.7 cm³/mol. The number of hydrogen-bond donors (Lipinski definition) is 0. The second-order valence-electron chi connectivity index (χ2n) is 5.02. The van der Waals surface area contributed by atoms with Gasteiger partial charge in [-0.1, -0.05) is 0 Å². The van der Waals surface area contributed by atoms with Gasteiger partial charge in [0.15, 0.2) is 0 Å². The third kappa shape index (κ3) is 3.13. The molecule has 0 aromatic carbocycles. The molecule has 2 heterocycles. The van der Waals surface area contributed by atoms with Crippen molar-refractivity contribution in [1.29, 1.82) is 0 Å². The van der Waals surface area contributed by atoms with Crippen LogP contribution in [0.5, 0.6) is 0 Å². The molecule has 1 aliphatic heterocycles. The molecule has 17 heavy (non-hydrogen) atoms. The molecule has 1 aromatic heterocycles. The van der Waals surface area contributed by atoms with Crippen LogP contribution in [0.25, 0.3) is 0 Å². The molecule has 1 fully saturated rings. The zero-order chi connectivity index (χ0) is 12.4. The topological polar surface area (TPSA) is 33.2 Å². The van der Waals surface area contributed by atoms with E-state index in [4.69, 9.17) is 0 Å². The molecule has 0 saturated carbocycles. The molecular formula is C13H20N2OS. The van der Waals surface area contributed by atoms with Crippen LogP contribution in [-0.4, -0.2) is 35.8 Å². The summed E-state index contributed by atoms with van der Waals surface area (Å²) >= 11 is 1.75. The summed E-state index contributed by atoms with van der Waals surface area (Å²) in [5.74, 6) is 0.835. The number of carbonyl (C=O) groups excluding carboxylic acids is 1. The molecule has 3 nitrogen and oxygen atoms in total. The number of ketones is 1. The van der Waals surface area contributed by atoms with Crippen molar-refractivity contribution in [3.05, 3.63) is 15.6 Å². The average molecular weight is 252 g/mol. The fourth-order valence-corrected chi connectivity index (χ4v) is 3.58. The van der Waals surface area contributed by atoms with Gasteiger partial charge >= 0.3 is 0 Å². The van der Waals surface area contributed by atoms with E-state index in [0.29, 0.717) is 12.3 Å². The van der Waals surface area contributed by atoms with Crippen LogP contribution in [0.1, 0.15) is 41.3 Å². The fourth-order valence-electron chi connectivity index (χ4n) is 2.27. The van der Waals surface area contributed by atoms with E-state index in [1.165, 1.54) is 17.8 Å². The van der Waals surface area contributed by atoms with E-state index in [1.807, 2.05) is 6.92 Å². The molecule has 0 N–H and O–H groups in total. The number of aromatic nitrogens is 1. The molecule has 0 bridgehead atoms. The first-order valence-electron chi connectivity index (χ1n) is 6.20. The molecule has 0 radical (unpaired) electrons. The number of piperidine rings is 1. The maximum Gasteiger partial charge on any atom is 0.135 e. The second kappa shape index (κ2) is 5.27. The molecule has 0 unspecified atom stereocenters. The van der Waals surface area contributed by atoms with Gasteiger partial charge in [-0.05, 0) is 46.8 Å². The Labute approximate surface area is 107 Å². The van der Waals surface area contributed by atoms with Gasteiger partial charge in [-0.2, -0.15) is 0 Å². The first kappa shape index (κ1) is 12.7. The third-order valence-corrected chi connectivity index (χ3v) is 4.71. The van der Waals surface area contributed by atoms with Gasteiger partial charge in [0.1, 0.15) is 5.78 Å². The standard InChI is InChI=1S/C13H20N2OS/c1-9(16)8-12-10(2)14-13(17-12)11-4-6-15(3)7-5-11/h11H,4-8H2,1-3H3. The Morgan fingerprint density at radius 3 is 2.71 bits per heavy atom. The van der Waals surface area contributed by atoms with E-state index in [9.17, 15) is 4.79 Å². The lowest BCUT2D eigenvalue weighted by molar-refractivity contribution is -0.116. The van der Waals surface area contributed by atoms with Crippen molar-refractivity contribution in [2.45, 2.75) is 39.0 Å². The summed E-state index contributed by atoms with van der Waals surface area (Å²) in [7, 11) is 2.17. The summed E-state index contributed by atoms with van der Waals surface area (Å²) in [6.45, 7) is 5.98. The Morgan fingerprint density at radius 1 is 1.47 bits per heavy atom. The number of aryl methyl sites for hydroxylation is 1. The van der Waals surface area contributed by atoms with E-state index >= 15 is 0 Å². The number of thiazole rings is 1. The highest BCUT2D eigenvalue weighted by Gasteiger charge is 2.22. The van der Waals surface area contributed by atoms with Crippen molar-refractivity contribution >= 4 is 17.1 Å². The van der Waals surface area contributed by atoms with Crippen molar-refractivity contribution in [2.24, 2.45) is 0 Å². The summed E-state index contributed by atoms with van der Waals surface area (Å²) in [6.07, 6.45) is 2.95. The molecule has 1 saturated heterocycles. The normalized spacial score (nSPS) is 18.5. The molecule has 0 spiro atoms. The summed E-state index contributed by atoms with van der Waals surface area (Å²) in [5, 5.41) is 1.24. The van der Waals surface area contributed by atoms with Crippen LogP contribution in [0.4, 0.5) is 0 Å². The van der Waals surface area contributed by atoms with E-state index in [1.54, 1.807) is 18.3 Å². The number of nitrogens with zero attached hydrogens (tertiary/aromatic N) is 2. The van der Waals surface area contributed by atoms with E-state index in [0.717, 1.165) is 23.7 Å². The summed E-state index contributed by atoms with van der Waals surface area (Å²) in [5.41, 5.74) is 1.05. The van der Waals surface area contributed by atoms with Gasteiger partial charge in [0.05, 0.1) is 10.7 Å². The van der Waals surface area contributed by atoms with Crippen LogP contribution in [0.2, 0.25) is 0 Å². The molecule has 1 aromatic rings. The number of Topliss-reactive ketones (excluding diaryl/α,β-unsaturated/α-hetero) is 1. The summed E-state index contributed by atoms with van der Waals surface area (Å²) in [6, 6.07) is 0. The molecule has 0 atom stereocenters. The van der Waals surface area contributed by atoms with Crippen LogP contribution in [0, 0.1) is 6.92 Å². The lowest BCUT2D eigenvalue weighted by Crippen LogP contribution is -2.29. The smallest absolute Gasteiger partial charge is 0.135 e. The highest BCUT2D eigenvalue weighted by atomic mass is 32.1. The van der Waals surface area contributed by atoms with Crippen LogP contribution in [-0.2, 0) is 11.2 Å². The number of rotatable bonds is 3. The third-order valence-electron chi connectivity index (χ3n) is 3.39. The van der Waals surface area contributed by atoms with Crippen LogP contribution in [0.3, 0.4) is 0 Å². The Bertz CT molecular complexity index is 406. The van der Waals surface area contributed by atoms with Gasteiger partial charge in [-0.15, -0.1) is 11.3 Å². The van der Waals surface area contributed by atoms with E-state index in [-0.39, 0.29) is 5.78 Å². The Morgan fingerprint density at radius 2 is 2.12 bits per heavy atom. The largest absolute Gasteiger partial charge is 0.306 e. The highest BCUT2D eigenvalue weighted by Crippen LogP contribution is 2.32. The van der Waals surface area contributed by atoms with Crippen molar-refractivity contribution in [2.75, 3.05) is 20.1 Å². The Balaban J connectivity index is 2.09. The highest BCUT2D eigenvalue weighted by molar-refractivity contribution is 7.12. The molecule has 94 valence electrons. The van der Waals surface area contributed by atoms with Gasteiger partial charge in [-0.3, -0.25) is 4.79 Å². The lowest BCUT2D eigenvalue weighted by Gasteiger charge is -2.27. The van der Waals surface area contributed by atoms with E-state index in [2.05, 4.69) is 16.9 Å². The zero-order valence-corrected chi connectivity index (χ0v) is 11.6. The van der Waals surface area contributed by atoms with Crippen molar-refractivity contribution in [3.8, 4) is 0 Å². The second-order valence-corrected chi connectivity index (χ2v) is 6.13. The molecule has 1 aliphatic rings. The minimum Gasteiger partial charge on any atom is -0.306 e. The fraction of sp³-hybridized carbons (Fsp3) is 0.692. The molecule has 2 rings (SSSR count). The first-order valence-corrected chi connectivity index (χ1v) is 7.02. The molecule has 0 amide bonds. The van der Waals surface area contributed by atoms with Gasteiger partial charge in [0.25, 0.3) is 0 Å². The SMILES string of the molecule is CC(=O)Cc1sc(C2CCN(C)CC2)nc1C. The minimum atomic E-state index is 0.228. The maximum atomic E-state index is 11.2. The van der Waals surface area contributed by atoms with Crippen LogP contribution < -0.4 is 0 Å². The monoisotopic (exact) mass is 252 g/mol. The molecule has 0 aliphatic carbocycles. The van der Waals surface area contributed by atoms with E-state index < -0.39 is 0 Å². The zero-order valence-electron chi connectivity index (χ0n) is 10.8. The van der Waals surface area contributed by atoms with Crippen LogP contribution >= 0.6 is 11.3 Å². The Kier molecular flexibility index (Phi) is 3.94. The first-order chi connectivity index (χ1) is 8.06. The number of carbonyl (C=O) groups is 1. The number of likely N-dealkylation sites (tertiary alicyclic amines) is 1. The average Bonchev–Trinajstić information content (AvgIpc) is 2.60. The maximum absolute atomic E-state index is 11.2. The van der Waals surface area contributed by atoms with Gasteiger partial charge < -0.3 is 4.90 Å². The van der Waals surface area contributed by atoms with Crippen molar-refractivity contribution in [1.82, 2.24) is 9.88 Å². The Hall–Kier alpha value is -0.740. The van der Waals surface area contributed by atoms with Gasteiger partial charge in [0, 0.05) is 17.2 Å².